The van der Waals surface area contributed by atoms with Crippen LogP contribution in [0.25, 0.3) is 0 Å². The zero-order valence-electron chi connectivity index (χ0n) is 19.0. The van der Waals surface area contributed by atoms with Gasteiger partial charge in [-0.3, -0.25) is 4.79 Å². The van der Waals surface area contributed by atoms with Crippen molar-refractivity contribution in [2.45, 2.75) is 25.8 Å². The molecular weight excluding hydrogens is 386 g/mol. The number of nitrogens with zero attached hydrogens (tertiary/aromatic N) is 3. The van der Waals surface area contributed by atoms with Crippen molar-refractivity contribution >= 4 is 11.9 Å². The number of nitrogens with one attached hydrogen (secondary N) is 2. The van der Waals surface area contributed by atoms with Crippen molar-refractivity contribution in [2.75, 3.05) is 46.8 Å². The molecule has 1 unspecified atom stereocenters. The van der Waals surface area contributed by atoms with E-state index in [0.29, 0.717) is 24.6 Å². The molecule has 0 bridgehead atoms. The average molecular weight is 422 g/mol. The van der Waals surface area contributed by atoms with Crippen LogP contribution in [0.5, 0.6) is 0 Å². The second-order valence-electron chi connectivity index (χ2n) is 8.27. The van der Waals surface area contributed by atoms with E-state index in [1.807, 2.05) is 43.3 Å². The Morgan fingerprint density at radius 3 is 2.68 bits per heavy atom. The summed E-state index contributed by atoms with van der Waals surface area (Å²) in [5.41, 5.74) is 3.12. The Balaban J connectivity index is 1.62. The smallest absolute Gasteiger partial charge is 0.251 e. The Bertz CT molecular complexity index is 865. The van der Waals surface area contributed by atoms with Crippen molar-refractivity contribution in [2.24, 2.45) is 4.99 Å². The van der Waals surface area contributed by atoms with Gasteiger partial charge in [-0.2, -0.15) is 0 Å². The topological polar surface area (TPSA) is 60.0 Å². The van der Waals surface area contributed by atoms with Gasteiger partial charge in [0, 0.05) is 44.2 Å². The summed E-state index contributed by atoms with van der Waals surface area (Å²) in [7, 11) is 3.99. The average Bonchev–Trinajstić information content (AvgIpc) is 3.27. The highest BCUT2D eigenvalue weighted by Gasteiger charge is 2.25. The number of benzene rings is 2. The minimum Gasteiger partial charge on any atom is -0.357 e. The van der Waals surface area contributed by atoms with Gasteiger partial charge in [-0.15, -0.1) is 0 Å². The van der Waals surface area contributed by atoms with Gasteiger partial charge >= 0.3 is 0 Å². The number of guanidine groups is 1. The molecule has 0 aromatic heterocycles. The highest BCUT2D eigenvalue weighted by molar-refractivity contribution is 5.94. The SMILES string of the molecule is CCNC(=NCc1cccc(C(=O)NCCN(C)C)c1)N1CCC(c2ccccc2)C1. The summed E-state index contributed by atoms with van der Waals surface area (Å²) >= 11 is 0. The van der Waals surface area contributed by atoms with Gasteiger partial charge < -0.3 is 20.4 Å². The van der Waals surface area contributed by atoms with Crippen molar-refractivity contribution in [1.82, 2.24) is 20.4 Å². The molecule has 1 fully saturated rings. The summed E-state index contributed by atoms with van der Waals surface area (Å²) in [4.78, 5) is 21.7. The molecule has 1 heterocycles. The summed E-state index contributed by atoms with van der Waals surface area (Å²) in [6.07, 6.45) is 1.14. The van der Waals surface area contributed by atoms with E-state index in [4.69, 9.17) is 4.99 Å². The highest BCUT2D eigenvalue weighted by atomic mass is 16.1. The molecule has 3 rings (SSSR count). The number of aliphatic imine (C=N–C) groups is 1. The molecule has 1 saturated heterocycles. The predicted molar refractivity (Wildman–Crippen MR) is 128 cm³/mol. The summed E-state index contributed by atoms with van der Waals surface area (Å²) < 4.78 is 0. The Kier molecular flexibility index (Phi) is 8.47. The molecule has 1 atom stereocenters. The summed E-state index contributed by atoms with van der Waals surface area (Å²) in [6.45, 7) is 6.91. The lowest BCUT2D eigenvalue weighted by Gasteiger charge is -2.22. The van der Waals surface area contributed by atoms with Gasteiger partial charge in [-0.05, 0) is 50.7 Å². The van der Waals surface area contributed by atoms with Gasteiger partial charge in [0.15, 0.2) is 5.96 Å². The number of hydrogen-bond acceptors (Lipinski definition) is 3. The zero-order chi connectivity index (χ0) is 22.1. The van der Waals surface area contributed by atoms with Crippen LogP contribution in [0.1, 0.15) is 40.7 Å². The molecule has 1 aliphatic rings. The second-order valence-corrected chi connectivity index (χ2v) is 8.27. The van der Waals surface area contributed by atoms with Gasteiger partial charge in [-0.25, -0.2) is 4.99 Å². The van der Waals surface area contributed by atoms with E-state index in [0.717, 1.165) is 44.1 Å². The van der Waals surface area contributed by atoms with E-state index >= 15 is 0 Å². The summed E-state index contributed by atoms with van der Waals surface area (Å²) in [5, 5.41) is 6.41. The van der Waals surface area contributed by atoms with Crippen molar-refractivity contribution in [1.29, 1.82) is 0 Å². The molecule has 2 N–H and O–H groups in total. The Morgan fingerprint density at radius 1 is 1.13 bits per heavy atom. The Hall–Kier alpha value is -2.86. The maximum Gasteiger partial charge on any atom is 0.251 e. The fourth-order valence-electron chi connectivity index (χ4n) is 3.85. The normalized spacial score (nSPS) is 16.6. The number of carbonyl (C=O) groups excluding carboxylic acids is 1. The first-order valence-electron chi connectivity index (χ1n) is 11.2. The lowest BCUT2D eigenvalue weighted by molar-refractivity contribution is 0.0951. The first-order chi connectivity index (χ1) is 15.1. The number of rotatable bonds is 8. The monoisotopic (exact) mass is 421 g/mol. The molecule has 0 spiro atoms. The van der Waals surface area contributed by atoms with Crippen molar-refractivity contribution in [3.05, 3.63) is 71.3 Å². The van der Waals surface area contributed by atoms with Gasteiger partial charge in [0.25, 0.3) is 5.91 Å². The van der Waals surface area contributed by atoms with Crippen LogP contribution >= 0.6 is 0 Å². The lowest BCUT2D eigenvalue weighted by Crippen LogP contribution is -2.40. The van der Waals surface area contributed by atoms with Crippen molar-refractivity contribution in [3.8, 4) is 0 Å². The first kappa shape index (κ1) is 22.8. The van der Waals surface area contributed by atoms with E-state index in [1.165, 1.54) is 5.56 Å². The van der Waals surface area contributed by atoms with E-state index in [9.17, 15) is 4.79 Å². The van der Waals surface area contributed by atoms with Crippen LogP contribution in [0.2, 0.25) is 0 Å². The van der Waals surface area contributed by atoms with Gasteiger partial charge in [0.05, 0.1) is 6.54 Å². The molecule has 6 heteroatoms. The molecule has 2 aromatic carbocycles. The number of amides is 1. The molecular formula is C25H35N5O. The fourth-order valence-corrected chi connectivity index (χ4v) is 3.85. The molecule has 0 aliphatic carbocycles. The van der Waals surface area contributed by atoms with E-state index in [2.05, 4.69) is 52.8 Å². The van der Waals surface area contributed by atoms with E-state index < -0.39 is 0 Å². The maximum atomic E-state index is 12.4. The number of hydrogen-bond donors (Lipinski definition) is 2. The van der Waals surface area contributed by atoms with Crippen LogP contribution in [0.4, 0.5) is 0 Å². The standard InChI is InChI=1S/C25H35N5O/c1-4-26-25(30-15-13-23(19-30)21-10-6-5-7-11-21)28-18-20-9-8-12-22(17-20)24(31)27-14-16-29(2)3/h5-12,17,23H,4,13-16,18-19H2,1-3H3,(H,26,28)(H,27,31). The maximum absolute atomic E-state index is 12.4. The Labute approximate surface area is 186 Å². The van der Waals surface area contributed by atoms with E-state index in [-0.39, 0.29) is 5.91 Å². The molecule has 0 saturated carbocycles. The quantitative estimate of drug-likeness (QED) is 0.508. The highest BCUT2D eigenvalue weighted by Crippen LogP contribution is 2.27. The molecule has 31 heavy (non-hydrogen) atoms. The second kappa shape index (κ2) is 11.5. The first-order valence-corrected chi connectivity index (χ1v) is 11.2. The molecule has 0 radical (unpaired) electrons. The number of likely N-dealkylation sites (N-methyl/N-ethyl adjacent to an activating group) is 1. The molecule has 166 valence electrons. The third kappa shape index (κ3) is 6.82. The largest absolute Gasteiger partial charge is 0.357 e. The van der Waals surface area contributed by atoms with Crippen LogP contribution < -0.4 is 10.6 Å². The summed E-state index contributed by atoms with van der Waals surface area (Å²) in [5.74, 6) is 1.45. The van der Waals surface area contributed by atoms with Crippen LogP contribution in [0, 0.1) is 0 Å². The van der Waals surface area contributed by atoms with Gasteiger partial charge in [0.1, 0.15) is 0 Å². The fraction of sp³-hybridized carbons (Fsp3) is 0.440. The van der Waals surface area contributed by atoms with Crippen LogP contribution in [-0.4, -0.2) is 68.5 Å². The third-order valence-electron chi connectivity index (χ3n) is 5.54. The van der Waals surface area contributed by atoms with Crippen LogP contribution in [0.3, 0.4) is 0 Å². The molecule has 1 aliphatic heterocycles. The van der Waals surface area contributed by atoms with E-state index in [1.54, 1.807) is 0 Å². The van der Waals surface area contributed by atoms with Crippen molar-refractivity contribution < 1.29 is 4.79 Å². The molecule has 1 amide bonds. The van der Waals surface area contributed by atoms with Gasteiger partial charge in [-0.1, -0.05) is 42.5 Å². The minimum absolute atomic E-state index is 0.0372. The van der Waals surface area contributed by atoms with Crippen molar-refractivity contribution in [3.63, 3.8) is 0 Å². The number of carbonyl (C=O) groups is 1. The van der Waals surface area contributed by atoms with Crippen LogP contribution in [0.15, 0.2) is 59.6 Å². The molecule has 2 aromatic rings. The summed E-state index contributed by atoms with van der Waals surface area (Å²) in [6, 6.07) is 18.5. The zero-order valence-corrected chi connectivity index (χ0v) is 19.0. The minimum atomic E-state index is -0.0372. The third-order valence-corrected chi connectivity index (χ3v) is 5.54. The van der Waals surface area contributed by atoms with Crippen LogP contribution in [-0.2, 0) is 6.54 Å². The number of likely N-dealkylation sites (tertiary alicyclic amines) is 1. The molecule has 6 nitrogen and oxygen atoms in total. The van der Waals surface area contributed by atoms with Gasteiger partial charge in [0.2, 0.25) is 0 Å². The Morgan fingerprint density at radius 2 is 1.94 bits per heavy atom. The predicted octanol–water partition coefficient (Wildman–Crippen LogP) is 2.93. The lowest BCUT2D eigenvalue weighted by atomic mass is 9.99.